The molecule has 2 aliphatic heterocycles. The van der Waals surface area contributed by atoms with Crippen molar-refractivity contribution in [3.8, 4) is 11.5 Å². The van der Waals surface area contributed by atoms with Gasteiger partial charge in [-0.1, -0.05) is 18.2 Å². The van der Waals surface area contributed by atoms with E-state index < -0.39 is 35.7 Å². The average molecular weight is 448 g/mol. The maximum atomic E-state index is 13.6. The summed E-state index contributed by atoms with van der Waals surface area (Å²) in [4.78, 5) is 34.1. The van der Waals surface area contributed by atoms with Crippen LogP contribution in [0.4, 0.5) is 15.8 Å². The van der Waals surface area contributed by atoms with Crippen molar-refractivity contribution in [3.63, 3.8) is 0 Å². The van der Waals surface area contributed by atoms with Gasteiger partial charge in [-0.2, -0.15) is 0 Å². The number of amides is 2. The molecule has 33 heavy (non-hydrogen) atoms. The SMILES string of the molecule is COc1ccc([C@@H]2[C@H]3C(=O)N(c4ccc(F)cc4)C(=O)[C@H]3ON2c2ccccc2)c(OC)c1. The molecule has 2 fully saturated rings. The number of hydrogen-bond acceptors (Lipinski definition) is 6. The fourth-order valence-electron chi connectivity index (χ4n) is 4.44. The monoisotopic (exact) mass is 448 g/mol. The van der Waals surface area contributed by atoms with E-state index in [0.717, 1.165) is 4.90 Å². The molecule has 168 valence electrons. The molecule has 2 aliphatic rings. The molecule has 0 aromatic heterocycles. The average Bonchev–Trinajstić information content (AvgIpc) is 3.35. The molecule has 2 saturated heterocycles. The van der Waals surface area contributed by atoms with E-state index in [-0.39, 0.29) is 0 Å². The van der Waals surface area contributed by atoms with Crippen LogP contribution >= 0.6 is 0 Å². The Kier molecular flexibility index (Phi) is 5.22. The van der Waals surface area contributed by atoms with E-state index in [4.69, 9.17) is 14.3 Å². The van der Waals surface area contributed by atoms with Gasteiger partial charge in [-0.25, -0.2) is 14.4 Å². The Hall–Kier alpha value is -3.91. The van der Waals surface area contributed by atoms with Crippen LogP contribution in [0.25, 0.3) is 0 Å². The highest BCUT2D eigenvalue weighted by molar-refractivity contribution is 6.23. The van der Waals surface area contributed by atoms with Gasteiger partial charge in [-0.05, 0) is 48.5 Å². The number of hydrogen-bond donors (Lipinski definition) is 0. The molecule has 2 amide bonds. The molecule has 8 heteroatoms. The molecule has 3 aromatic carbocycles. The van der Waals surface area contributed by atoms with Crippen molar-refractivity contribution < 1.29 is 28.3 Å². The van der Waals surface area contributed by atoms with Crippen LogP contribution < -0.4 is 19.4 Å². The van der Waals surface area contributed by atoms with Crippen LogP contribution in [0.1, 0.15) is 11.6 Å². The highest BCUT2D eigenvalue weighted by atomic mass is 19.1. The first-order chi connectivity index (χ1) is 16.0. The summed E-state index contributed by atoms with van der Waals surface area (Å²) in [7, 11) is 3.09. The Balaban J connectivity index is 1.62. The van der Waals surface area contributed by atoms with Crippen LogP contribution in [-0.2, 0) is 14.4 Å². The lowest BCUT2D eigenvalue weighted by Crippen LogP contribution is -2.37. The van der Waals surface area contributed by atoms with Crippen molar-refractivity contribution in [3.05, 3.63) is 84.2 Å². The van der Waals surface area contributed by atoms with Crippen LogP contribution in [0.3, 0.4) is 0 Å². The smallest absolute Gasteiger partial charge is 0.266 e. The largest absolute Gasteiger partial charge is 0.497 e. The topological polar surface area (TPSA) is 68.3 Å². The minimum absolute atomic E-state index is 0.302. The molecule has 0 radical (unpaired) electrons. The predicted molar refractivity (Wildman–Crippen MR) is 118 cm³/mol. The standard InChI is InChI=1S/C25H21FN2O5/c1-31-18-12-13-19(20(14-18)32-2)22-21-23(33-28(22)17-6-4-3-5-7-17)25(30)27(24(21)29)16-10-8-15(26)9-11-16/h3-14,21-23H,1-2H3/t21-,22-,23+/m1/s1. The molecular weight excluding hydrogens is 427 g/mol. The fraction of sp³-hybridized carbons (Fsp3) is 0.200. The Bertz CT molecular complexity index is 1200. The van der Waals surface area contributed by atoms with Gasteiger partial charge < -0.3 is 9.47 Å². The quantitative estimate of drug-likeness (QED) is 0.552. The van der Waals surface area contributed by atoms with Crippen molar-refractivity contribution in [2.45, 2.75) is 12.1 Å². The van der Waals surface area contributed by atoms with Crippen LogP contribution in [-0.4, -0.2) is 32.1 Å². The number of nitrogens with zero attached hydrogens (tertiary/aromatic N) is 2. The lowest BCUT2D eigenvalue weighted by Gasteiger charge is -2.29. The zero-order chi connectivity index (χ0) is 23.1. The number of methoxy groups -OCH3 is 2. The molecule has 0 unspecified atom stereocenters. The summed E-state index contributed by atoms with van der Waals surface area (Å²) < 4.78 is 24.3. The van der Waals surface area contributed by atoms with Crippen LogP contribution in [0.2, 0.25) is 0 Å². The van der Waals surface area contributed by atoms with Crippen molar-refractivity contribution in [1.82, 2.24) is 0 Å². The zero-order valence-corrected chi connectivity index (χ0v) is 18.0. The Morgan fingerprint density at radius 3 is 2.24 bits per heavy atom. The summed E-state index contributed by atoms with van der Waals surface area (Å²) in [6, 6.07) is 19.2. The first-order valence-corrected chi connectivity index (χ1v) is 10.4. The second-order valence-electron chi connectivity index (χ2n) is 7.75. The second-order valence-corrected chi connectivity index (χ2v) is 7.75. The van der Waals surface area contributed by atoms with Gasteiger partial charge in [0.15, 0.2) is 6.10 Å². The molecule has 0 aliphatic carbocycles. The van der Waals surface area contributed by atoms with Gasteiger partial charge in [-0.3, -0.25) is 14.4 Å². The first-order valence-electron chi connectivity index (χ1n) is 10.4. The van der Waals surface area contributed by atoms with Gasteiger partial charge in [0.05, 0.1) is 31.6 Å². The molecule has 0 N–H and O–H groups in total. The van der Waals surface area contributed by atoms with Crippen molar-refractivity contribution >= 4 is 23.2 Å². The third kappa shape index (κ3) is 3.39. The third-order valence-corrected chi connectivity index (χ3v) is 5.97. The van der Waals surface area contributed by atoms with E-state index in [9.17, 15) is 14.0 Å². The molecular formula is C25H21FN2O5. The zero-order valence-electron chi connectivity index (χ0n) is 18.0. The third-order valence-electron chi connectivity index (χ3n) is 5.97. The van der Waals surface area contributed by atoms with Gasteiger partial charge in [0.2, 0.25) is 5.91 Å². The van der Waals surface area contributed by atoms with Gasteiger partial charge in [0, 0.05) is 11.6 Å². The normalized spacial score (nSPS) is 22.0. The number of anilines is 2. The summed E-state index contributed by atoms with van der Waals surface area (Å²) >= 11 is 0. The minimum atomic E-state index is -1.03. The maximum Gasteiger partial charge on any atom is 0.266 e. The summed E-state index contributed by atoms with van der Waals surface area (Å²) in [5.74, 6) is -1.09. The molecule has 0 bridgehead atoms. The van der Waals surface area contributed by atoms with E-state index >= 15 is 0 Å². The van der Waals surface area contributed by atoms with Gasteiger partial charge in [-0.15, -0.1) is 0 Å². The van der Waals surface area contributed by atoms with Crippen molar-refractivity contribution in [1.29, 1.82) is 0 Å². The van der Waals surface area contributed by atoms with Crippen LogP contribution in [0, 0.1) is 11.7 Å². The van der Waals surface area contributed by atoms with E-state index in [1.54, 1.807) is 24.3 Å². The number of benzene rings is 3. The van der Waals surface area contributed by atoms with E-state index in [1.807, 2.05) is 36.4 Å². The maximum absolute atomic E-state index is 13.6. The minimum Gasteiger partial charge on any atom is -0.497 e. The number of para-hydroxylation sites is 1. The number of fused-ring (bicyclic) bond motifs is 1. The summed E-state index contributed by atoms with van der Waals surface area (Å²) in [6.45, 7) is 0. The number of carbonyl (C=O) groups excluding carboxylic acids is 2. The number of imide groups is 1. The molecule has 7 nitrogen and oxygen atoms in total. The first kappa shape index (κ1) is 21.0. The Morgan fingerprint density at radius 1 is 0.848 bits per heavy atom. The number of halogens is 1. The van der Waals surface area contributed by atoms with Gasteiger partial charge in [0.25, 0.3) is 5.91 Å². The molecule has 2 heterocycles. The van der Waals surface area contributed by atoms with Gasteiger partial charge in [0.1, 0.15) is 23.2 Å². The molecule has 0 spiro atoms. The second kappa shape index (κ2) is 8.22. The van der Waals surface area contributed by atoms with E-state index in [1.165, 1.54) is 31.4 Å². The van der Waals surface area contributed by atoms with Crippen LogP contribution in [0.5, 0.6) is 11.5 Å². The number of hydroxylamine groups is 1. The summed E-state index contributed by atoms with van der Waals surface area (Å²) in [5.41, 5.74) is 1.68. The van der Waals surface area contributed by atoms with Crippen LogP contribution in [0.15, 0.2) is 72.8 Å². The van der Waals surface area contributed by atoms with E-state index in [2.05, 4.69) is 0 Å². The van der Waals surface area contributed by atoms with E-state index in [0.29, 0.717) is 28.4 Å². The highest BCUT2D eigenvalue weighted by Crippen LogP contribution is 2.49. The summed E-state index contributed by atoms with van der Waals surface area (Å²) in [5, 5.41) is 1.59. The summed E-state index contributed by atoms with van der Waals surface area (Å²) in [6.07, 6.45) is -1.03. The lowest BCUT2D eigenvalue weighted by atomic mass is 9.90. The van der Waals surface area contributed by atoms with Crippen molar-refractivity contribution in [2.75, 3.05) is 24.2 Å². The fourth-order valence-corrected chi connectivity index (χ4v) is 4.44. The number of ether oxygens (including phenoxy) is 2. The molecule has 0 saturated carbocycles. The van der Waals surface area contributed by atoms with Crippen molar-refractivity contribution in [2.24, 2.45) is 5.92 Å². The number of rotatable bonds is 5. The Labute approximate surface area is 189 Å². The van der Waals surface area contributed by atoms with Gasteiger partial charge >= 0.3 is 0 Å². The molecule has 3 atom stereocenters. The Morgan fingerprint density at radius 2 is 1.58 bits per heavy atom. The highest BCUT2D eigenvalue weighted by Gasteiger charge is 2.60. The predicted octanol–water partition coefficient (Wildman–Crippen LogP) is 3.89. The lowest BCUT2D eigenvalue weighted by molar-refractivity contribution is -0.126. The molecule has 3 aromatic rings. The molecule has 5 rings (SSSR count). The number of carbonyl (C=O) groups is 2.